The van der Waals surface area contributed by atoms with Crippen molar-refractivity contribution in [3.05, 3.63) is 46.5 Å². The van der Waals surface area contributed by atoms with E-state index >= 15 is 0 Å². The van der Waals surface area contributed by atoms with Crippen molar-refractivity contribution < 1.29 is 5.11 Å². The van der Waals surface area contributed by atoms with Gasteiger partial charge in [-0.3, -0.25) is 0 Å². The van der Waals surface area contributed by atoms with Crippen LogP contribution in [0.1, 0.15) is 22.3 Å². The summed E-state index contributed by atoms with van der Waals surface area (Å²) in [5, 5.41) is 10.3. The topological polar surface area (TPSA) is 20.2 Å². The maximum absolute atomic E-state index is 10.3. The molecule has 2 aromatic rings. The lowest BCUT2D eigenvalue weighted by atomic mass is 9.80. The second-order valence-electron chi connectivity index (χ2n) is 4.88. The third kappa shape index (κ3) is 1.92. The van der Waals surface area contributed by atoms with Crippen LogP contribution in [0.15, 0.2) is 24.3 Å². The maximum Gasteiger partial charge on any atom is 0.125 e. The number of aryl methyl sites for hydroxylation is 1. The lowest BCUT2D eigenvalue weighted by molar-refractivity contribution is 0.473. The number of rotatable bonds is 1. The SMILES string of the molecule is [B]c1c(C)c(C)c(-c2ccc(C)cc2)c(O)c1C. The van der Waals surface area contributed by atoms with Gasteiger partial charge in [-0.15, -0.1) is 0 Å². The normalized spacial score (nSPS) is 10.7. The first-order valence-corrected chi connectivity index (χ1v) is 6.08. The molecule has 0 bridgehead atoms. The lowest BCUT2D eigenvalue weighted by Gasteiger charge is -2.17. The Morgan fingerprint density at radius 1 is 0.833 bits per heavy atom. The molecule has 0 unspecified atom stereocenters. The van der Waals surface area contributed by atoms with Crippen molar-refractivity contribution in [1.82, 2.24) is 0 Å². The summed E-state index contributed by atoms with van der Waals surface area (Å²) >= 11 is 0. The fourth-order valence-electron chi connectivity index (χ4n) is 2.24. The van der Waals surface area contributed by atoms with Crippen molar-refractivity contribution >= 4 is 13.3 Å². The van der Waals surface area contributed by atoms with Gasteiger partial charge in [0.2, 0.25) is 0 Å². The highest BCUT2D eigenvalue weighted by Crippen LogP contribution is 2.35. The third-order valence-corrected chi connectivity index (χ3v) is 3.68. The molecule has 0 heterocycles. The number of phenols is 1. The van der Waals surface area contributed by atoms with Gasteiger partial charge in [0.15, 0.2) is 0 Å². The molecule has 0 aliphatic rings. The molecule has 18 heavy (non-hydrogen) atoms. The molecule has 2 radical (unpaired) electrons. The largest absolute Gasteiger partial charge is 0.507 e. The van der Waals surface area contributed by atoms with Crippen LogP contribution in [0, 0.1) is 27.7 Å². The number of hydrogen-bond donors (Lipinski definition) is 1. The molecule has 0 amide bonds. The van der Waals surface area contributed by atoms with Gasteiger partial charge in [-0.2, -0.15) is 0 Å². The van der Waals surface area contributed by atoms with E-state index in [1.165, 1.54) is 5.56 Å². The molecule has 0 aliphatic carbocycles. The van der Waals surface area contributed by atoms with E-state index in [0.29, 0.717) is 11.2 Å². The van der Waals surface area contributed by atoms with Crippen molar-refractivity contribution in [3.8, 4) is 16.9 Å². The van der Waals surface area contributed by atoms with E-state index < -0.39 is 0 Å². The van der Waals surface area contributed by atoms with Crippen LogP contribution in [0.25, 0.3) is 11.1 Å². The molecule has 0 aromatic heterocycles. The van der Waals surface area contributed by atoms with Crippen LogP contribution in [-0.2, 0) is 0 Å². The van der Waals surface area contributed by atoms with E-state index in [0.717, 1.165) is 27.8 Å². The van der Waals surface area contributed by atoms with E-state index in [9.17, 15) is 5.11 Å². The van der Waals surface area contributed by atoms with Crippen molar-refractivity contribution in [3.63, 3.8) is 0 Å². The monoisotopic (exact) mass is 236 g/mol. The van der Waals surface area contributed by atoms with E-state index in [2.05, 4.69) is 19.1 Å². The fourth-order valence-corrected chi connectivity index (χ4v) is 2.24. The summed E-state index contributed by atoms with van der Waals surface area (Å²) < 4.78 is 0. The molecule has 0 atom stereocenters. The van der Waals surface area contributed by atoms with Crippen LogP contribution in [-0.4, -0.2) is 13.0 Å². The van der Waals surface area contributed by atoms with Crippen LogP contribution in [0.2, 0.25) is 0 Å². The smallest absolute Gasteiger partial charge is 0.125 e. The quantitative estimate of drug-likeness (QED) is 0.754. The van der Waals surface area contributed by atoms with Gasteiger partial charge in [0.1, 0.15) is 13.6 Å². The number of benzene rings is 2. The molecule has 0 saturated carbocycles. The molecule has 2 aromatic carbocycles. The van der Waals surface area contributed by atoms with Crippen LogP contribution in [0.3, 0.4) is 0 Å². The van der Waals surface area contributed by atoms with Crippen LogP contribution in [0.5, 0.6) is 5.75 Å². The minimum Gasteiger partial charge on any atom is -0.507 e. The second-order valence-corrected chi connectivity index (χ2v) is 4.88. The molecular weight excluding hydrogens is 219 g/mol. The third-order valence-electron chi connectivity index (χ3n) is 3.68. The van der Waals surface area contributed by atoms with E-state index in [-0.39, 0.29) is 0 Å². The summed E-state index contributed by atoms with van der Waals surface area (Å²) in [5.41, 5.74) is 6.65. The number of hydrogen-bond acceptors (Lipinski definition) is 1. The van der Waals surface area contributed by atoms with Gasteiger partial charge in [0.25, 0.3) is 0 Å². The Hall–Kier alpha value is -1.70. The first kappa shape index (κ1) is 12.8. The van der Waals surface area contributed by atoms with Gasteiger partial charge in [0.05, 0.1) is 0 Å². The Morgan fingerprint density at radius 3 is 1.94 bits per heavy atom. The minimum absolute atomic E-state index is 0.291. The summed E-state index contributed by atoms with van der Waals surface area (Å²) in [6, 6.07) is 8.17. The molecule has 2 heteroatoms. The Kier molecular flexibility index (Phi) is 3.21. The summed E-state index contributed by atoms with van der Waals surface area (Å²) in [7, 11) is 5.99. The zero-order valence-electron chi connectivity index (χ0n) is 11.3. The van der Waals surface area contributed by atoms with Crippen molar-refractivity contribution in [2.75, 3.05) is 0 Å². The van der Waals surface area contributed by atoms with Gasteiger partial charge in [-0.1, -0.05) is 40.9 Å². The summed E-state index contributed by atoms with van der Waals surface area (Å²) in [6.07, 6.45) is 0. The highest BCUT2D eigenvalue weighted by molar-refractivity contribution is 6.35. The van der Waals surface area contributed by atoms with Gasteiger partial charge in [0, 0.05) is 5.56 Å². The minimum atomic E-state index is 0.291. The van der Waals surface area contributed by atoms with Crippen molar-refractivity contribution in [1.29, 1.82) is 0 Å². The number of aromatic hydroxyl groups is 1. The van der Waals surface area contributed by atoms with E-state index in [1.54, 1.807) is 0 Å². The predicted octanol–water partition coefficient (Wildman–Crippen LogP) is 3.09. The summed E-state index contributed by atoms with van der Waals surface area (Å²) in [6.45, 7) is 7.90. The van der Waals surface area contributed by atoms with Crippen LogP contribution in [0.4, 0.5) is 0 Å². The average Bonchev–Trinajstić information content (AvgIpc) is 2.36. The van der Waals surface area contributed by atoms with Crippen molar-refractivity contribution in [2.24, 2.45) is 0 Å². The fraction of sp³-hybridized carbons (Fsp3) is 0.250. The molecule has 90 valence electrons. The van der Waals surface area contributed by atoms with Gasteiger partial charge >= 0.3 is 0 Å². The zero-order valence-corrected chi connectivity index (χ0v) is 11.3. The molecule has 0 spiro atoms. The van der Waals surface area contributed by atoms with E-state index in [1.807, 2.05) is 32.9 Å². The highest BCUT2D eigenvalue weighted by Gasteiger charge is 2.15. The molecule has 2 rings (SSSR count). The molecule has 0 saturated heterocycles. The second kappa shape index (κ2) is 4.53. The molecule has 1 nitrogen and oxygen atoms in total. The maximum atomic E-state index is 10.3. The Balaban J connectivity index is 2.75. The Bertz CT molecular complexity index is 568. The first-order valence-electron chi connectivity index (χ1n) is 6.08. The summed E-state index contributed by atoms with van der Waals surface area (Å²) in [4.78, 5) is 0. The first-order chi connectivity index (χ1) is 8.43. The molecule has 0 fully saturated rings. The van der Waals surface area contributed by atoms with Crippen LogP contribution < -0.4 is 5.46 Å². The van der Waals surface area contributed by atoms with Gasteiger partial charge < -0.3 is 5.11 Å². The lowest BCUT2D eigenvalue weighted by Crippen LogP contribution is -2.14. The highest BCUT2D eigenvalue weighted by atomic mass is 16.3. The van der Waals surface area contributed by atoms with Crippen molar-refractivity contribution in [2.45, 2.75) is 27.7 Å². The van der Waals surface area contributed by atoms with Crippen LogP contribution >= 0.6 is 0 Å². The Morgan fingerprint density at radius 2 is 1.39 bits per heavy atom. The number of phenolic OH excluding ortho intramolecular Hbond substituents is 1. The summed E-state index contributed by atoms with van der Waals surface area (Å²) in [5.74, 6) is 0.291. The van der Waals surface area contributed by atoms with Gasteiger partial charge in [-0.05, 0) is 44.4 Å². The standard InChI is InChI=1S/C16H17BO/c1-9-5-7-13(8-6-9)14-10(2)11(3)15(17)12(4)16(14)18/h5-8,18H,1-4H3. The zero-order chi connectivity index (χ0) is 13.4. The van der Waals surface area contributed by atoms with Gasteiger partial charge in [-0.25, -0.2) is 0 Å². The average molecular weight is 236 g/mol. The van der Waals surface area contributed by atoms with E-state index in [4.69, 9.17) is 7.85 Å². The molecule has 0 aliphatic heterocycles. The molecular formula is C16H17BO. The Labute approximate surface area is 110 Å². The molecule has 1 N–H and O–H groups in total. The predicted molar refractivity (Wildman–Crippen MR) is 77.9 cm³/mol.